The van der Waals surface area contributed by atoms with Gasteiger partial charge in [-0.25, -0.2) is 0 Å². The summed E-state index contributed by atoms with van der Waals surface area (Å²) in [4.78, 5) is 23.8. The molecule has 0 radical (unpaired) electrons. The quantitative estimate of drug-likeness (QED) is 0.826. The van der Waals surface area contributed by atoms with Crippen molar-refractivity contribution in [3.63, 3.8) is 0 Å². The van der Waals surface area contributed by atoms with Crippen molar-refractivity contribution >= 4 is 23.5 Å². The van der Waals surface area contributed by atoms with Gasteiger partial charge in [0.05, 0.1) is 0 Å². The molecule has 2 aliphatic heterocycles. The highest BCUT2D eigenvalue weighted by Crippen LogP contribution is 2.30. The highest BCUT2D eigenvalue weighted by molar-refractivity contribution is 6.30. The van der Waals surface area contributed by atoms with Crippen LogP contribution < -0.4 is 5.32 Å². The molecule has 3 rings (SSSR count). The molecule has 0 saturated carbocycles. The molecule has 1 aromatic carbocycles. The van der Waals surface area contributed by atoms with Crippen molar-refractivity contribution in [1.82, 2.24) is 5.32 Å². The molecule has 1 aromatic rings. The number of carbonyl (C=O) groups is 2. The maximum atomic E-state index is 12.7. The van der Waals surface area contributed by atoms with Crippen LogP contribution in [0.25, 0.3) is 0 Å². The molecule has 0 aromatic heterocycles. The summed E-state index contributed by atoms with van der Waals surface area (Å²) in [6.45, 7) is 1.31. The number of ether oxygens (including phenoxy) is 2. The Hall–Kier alpha value is -1.59. The average Bonchev–Trinajstić information content (AvgIpc) is 2.87. The molecule has 24 heavy (non-hydrogen) atoms. The van der Waals surface area contributed by atoms with Crippen LogP contribution in [-0.2, 0) is 19.1 Å². The number of esters is 2. The average molecular weight is 352 g/mol. The normalized spacial score (nSPS) is 26.7. The number of hydrogen-bond donors (Lipinski definition) is 1. The first-order valence-corrected chi connectivity index (χ1v) is 8.74. The second kappa shape index (κ2) is 7.53. The van der Waals surface area contributed by atoms with Crippen LogP contribution in [0.4, 0.5) is 0 Å². The Morgan fingerprint density at radius 2 is 1.83 bits per heavy atom. The van der Waals surface area contributed by atoms with Crippen LogP contribution in [0.2, 0.25) is 5.02 Å². The molecular formula is C18H22ClNO4. The number of halogens is 1. The van der Waals surface area contributed by atoms with Gasteiger partial charge >= 0.3 is 11.9 Å². The van der Waals surface area contributed by atoms with Gasteiger partial charge in [-0.2, -0.15) is 0 Å². The summed E-state index contributed by atoms with van der Waals surface area (Å²) in [7, 11) is 0. The van der Waals surface area contributed by atoms with Crippen molar-refractivity contribution in [3.05, 3.63) is 34.9 Å². The molecule has 6 heteroatoms. The molecule has 130 valence electrons. The van der Waals surface area contributed by atoms with E-state index in [9.17, 15) is 9.59 Å². The van der Waals surface area contributed by atoms with E-state index in [1.54, 1.807) is 24.3 Å². The number of hydrogen-bond acceptors (Lipinski definition) is 5. The standard InChI is InChI=1S/C18H22ClNO4/c1-11(21)23-10-17(12-2-4-13(19)5-3-12)18(22)24-16-8-14-6-7-15(9-16)20-14/h2-5,14-17,20H,6-10H2,1H3/t14-,15+,16?,17-/m1/s1. The van der Waals surface area contributed by atoms with Gasteiger partial charge in [0.1, 0.15) is 18.6 Å². The van der Waals surface area contributed by atoms with E-state index in [2.05, 4.69) is 5.32 Å². The highest BCUT2D eigenvalue weighted by Gasteiger charge is 2.36. The predicted octanol–water partition coefficient (Wildman–Crippen LogP) is 2.81. The second-order valence-corrected chi connectivity index (χ2v) is 7.01. The van der Waals surface area contributed by atoms with Crippen LogP contribution in [0.3, 0.4) is 0 Å². The summed E-state index contributed by atoms with van der Waals surface area (Å²) in [6, 6.07) is 7.87. The van der Waals surface area contributed by atoms with E-state index in [1.807, 2.05) is 0 Å². The fourth-order valence-corrected chi connectivity index (χ4v) is 3.67. The van der Waals surface area contributed by atoms with Crippen molar-refractivity contribution in [3.8, 4) is 0 Å². The summed E-state index contributed by atoms with van der Waals surface area (Å²) in [5.41, 5.74) is 0.738. The Labute approximate surface area is 146 Å². The Bertz CT molecular complexity index is 592. The number of carbonyl (C=O) groups excluding carboxylic acids is 2. The topological polar surface area (TPSA) is 64.6 Å². The van der Waals surface area contributed by atoms with E-state index in [0.29, 0.717) is 17.1 Å². The van der Waals surface area contributed by atoms with Gasteiger partial charge in [-0.15, -0.1) is 0 Å². The van der Waals surface area contributed by atoms with E-state index in [-0.39, 0.29) is 18.7 Å². The molecule has 2 aliphatic rings. The highest BCUT2D eigenvalue weighted by atomic mass is 35.5. The smallest absolute Gasteiger partial charge is 0.317 e. The third-order valence-corrected chi connectivity index (χ3v) is 4.97. The molecule has 2 heterocycles. The number of rotatable bonds is 5. The Kier molecular flexibility index (Phi) is 5.41. The molecule has 0 amide bonds. The molecule has 1 N–H and O–H groups in total. The lowest BCUT2D eigenvalue weighted by Crippen LogP contribution is -2.42. The molecule has 0 aliphatic carbocycles. The SMILES string of the molecule is CC(=O)OC[C@@H](C(=O)OC1C[C@H]2CC[C@@H](C1)N2)c1ccc(Cl)cc1. The molecule has 2 bridgehead atoms. The molecule has 2 fully saturated rings. The van der Waals surface area contributed by atoms with E-state index in [0.717, 1.165) is 31.2 Å². The molecule has 2 saturated heterocycles. The van der Waals surface area contributed by atoms with Gasteiger partial charge in [0.2, 0.25) is 0 Å². The van der Waals surface area contributed by atoms with Crippen LogP contribution >= 0.6 is 11.6 Å². The first-order chi connectivity index (χ1) is 11.5. The van der Waals surface area contributed by atoms with Crippen LogP contribution in [0.5, 0.6) is 0 Å². The summed E-state index contributed by atoms with van der Waals surface area (Å²) < 4.78 is 10.8. The van der Waals surface area contributed by atoms with Crippen molar-refractivity contribution in [1.29, 1.82) is 0 Å². The van der Waals surface area contributed by atoms with Gasteiger partial charge in [-0.3, -0.25) is 9.59 Å². The first kappa shape index (κ1) is 17.2. The monoisotopic (exact) mass is 351 g/mol. The first-order valence-electron chi connectivity index (χ1n) is 8.36. The second-order valence-electron chi connectivity index (χ2n) is 6.57. The maximum absolute atomic E-state index is 12.7. The maximum Gasteiger partial charge on any atom is 0.317 e. The zero-order chi connectivity index (χ0) is 17.1. The van der Waals surface area contributed by atoms with Crippen molar-refractivity contribution in [2.45, 2.75) is 56.7 Å². The molecule has 5 nitrogen and oxygen atoms in total. The molecular weight excluding hydrogens is 330 g/mol. The number of benzene rings is 1. The third kappa shape index (κ3) is 4.28. The number of nitrogens with one attached hydrogen (secondary N) is 1. The molecule has 0 spiro atoms. The van der Waals surface area contributed by atoms with E-state index < -0.39 is 11.9 Å². The molecule has 1 unspecified atom stereocenters. The van der Waals surface area contributed by atoms with Crippen molar-refractivity contribution in [2.75, 3.05) is 6.61 Å². The van der Waals surface area contributed by atoms with E-state index >= 15 is 0 Å². The summed E-state index contributed by atoms with van der Waals surface area (Å²) in [5, 5.41) is 4.12. The van der Waals surface area contributed by atoms with Gasteiger partial charge < -0.3 is 14.8 Å². The van der Waals surface area contributed by atoms with Gasteiger partial charge in [0, 0.05) is 24.0 Å². The van der Waals surface area contributed by atoms with Gasteiger partial charge in [0.15, 0.2) is 0 Å². The minimum absolute atomic E-state index is 0.0202. The minimum Gasteiger partial charge on any atom is -0.465 e. The number of fused-ring (bicyclic) bond motifs is 2. The van der Waals surface area contributed by atoms with E-state index in [4.69, 9.17) is 21.1 Å². The fourth-order valence-electron chi connectivity index (χ4n) is 3.54. The van der Waals surface area contributed by atoms with E-state index in [1.165, 1.54) is 6.92 Å². The van der Waals surface area contributed by atoms with Gasteiger partial charge in [0.25, 0.3) is 0 Å². The van der Waals surface area contributed by atoms with Crippen LogP contribution in [0.15, 0.2) is 24.3 Å². The van der Waals surface area contributed by atoms with Gasteiger partial charge in [-0.05, 0) is 43.4 Å². The summed E-state index contributed by atoms with van der Waals surface area (Å²) >= 11 is 5.91. The van der Waals surface area contributed by atoms with Crippen molar-refractivity contribution < 1.29 is 19.1 Å². The fraction of sp³-hybridized carbons (Fsp3) is 0.556. The summed E-state index contributed by atoms with van der Waals surface area (Å²) in [5.74, 6) is -1.38. The zero-order valence-corrected chi connectivity index (χ0v) is 14.4. The number of piperidine rings is 1. The van der Waals surface area contributed by atoms with Crippen LogP contribution in [0.1, 0.15) is 44.1 Å². The van der Waals surface area contributed by atoms with Gasteiger partial charge in [-0.1, -0.05) is 23.7 Å². The molecule has 4 atom stereocenters. The van der Waals surface area contributed by atoms with Crippen molar-refractivity contribution in [2.24, 2.45) is 0 Å². The summed E-state index contributed by atoms with van der Waals surface area (Å²) in [6.07, 6.45) is 3.93. The Balaban J connectivity index is 1.68. The Morgan fingerprint density at radius 3 is 2.42 bits per heavy atom. The minimum atomic E-state index is -0.626. The Morgan fingerprint density at radius 1 is 1.21 bits per heavy atom. The lowest BCUT2D eigenvalue weighted by molar-refractivity contribution is -0.156. The zero-order valence-electron chi connectivity index (χ0n) is 13.7. The third-order valence-electron chi connectivity index (χ3n) is 4.72. The van der Waals surface area contributed by atoms with Crippen LogP contribution in [0, 0.1) is 0 Å². The van der Waals surface area contributed by atoms with Crippen LogP contribution in [-0.4, -0.2) is 36.7 Å². The lowest BCUT2D eigenvalue weighted by Gasteiger charge is -2.30. The lowest BCUT2D eigenvalue weighted by atomic mass is 9.99. The largest absolute Gasteiger partial charge is 0.465 e. The predicted molar refractivity (Wildman–Crippen MR) is 89.9 cm³/mol.